The molecule has 0 saturated carbocycles. The minimum Gasteiger partial charge on any atom is -0.395 e. The number of rotatable bonds is 2. The molecule has 0 bridgehead atoms. The van der Waals surface area contributed by atoms with E-state index in [0.29, 0.717) is 5.56 Å². The van der Waals surface area contributed by atoms with Crippen molar-refractivity contribution in [3.8, 4) is 0 Å². The fraction of sp³-hybridized carbons (Fsp3) is 0.308. The van der Waals surface area contributed by atoms with E-state index in [2.05, 4.69) is 4.99 Å². The fourth-order valence-corrected chi connectivity index (χ4v) is 1.50. The van der Waals surface area contributed by atoms with E-state index in [1.165, 1.54) is 7.05 Å². The van der Waals surface area contributed by atoms with Crippen LogP contribution in [0.3, 0.4) is 0 Å². The van der Waals surface area contributed by atoms with Gasteiger partial charge in [0.25, 0.3) is 0 Å². The second-order valence-electron chi connectivity index (χ2n) is 4.02. The lowest BCUT2D eigenvalue weighted by atomic mass is 10.0. The zero-order chi connectivity index (χ0) is 13.9. The highest BCUT2D eigenvalue weighted by molar-refractivity contribution is 6.10. The quantitative estimate of drug-likeness (QED) is 0.811. The molecule has 1 aromatic rings. The summed E-state index contributed by atoms with van der Waals surface area (Å²) in [4.78, 5) is 3.87. The van der Waals surface area contributed by atoms with Gasteiger partial charge in [-0.3, -0.25) is 4.99 Å². The maximum atomic E-state index is 12.4. The first kappa shape index (κ1) is 14.3. The molecule has 2 nitrogen and oxygen atoms in total. The Morgan fingerprint density at radius 1 is 1.28 bits per heavy atom. The molecule has 0 unspecified atom stereocenters. The van der Waals surface area contributed by atoms with Crippen molar-refractivity contribution in [3.63, 3.8) is 0 Å². The first-order valence-corrected chi connectivity index (χ1v) is 5.34. The second kappa shape index (κ2) is 5.25. The van der Waals surface area contributed by atoms with Crippen molar-refractivity contribution in [2.45, 2.75) is 20.0 Å². The lowest BCUT2D eigenvalue weighted by Crippen LogP contribution is -2.21. The number of alkyl halides is 3. The second-order valence-corrected chi connectivity index (χ2v) is 4.02. The largest absolute Gasteiger partial charge is 0.430 e. The Labute approximate surface area is 104 Å². The molecule has 0 radical (unpaired) electrons. The maximum Gasteiger partial charge on any atom is 0.430 e. The van der Waals surface area contributed by atoms with Crippen molar-refractivity contribution in [1.29, 1.82) is 0 Å². The van der Waals surface area contributed by atoms with E-state index < -0.39 is 11.9 Å². The van der Waals surface area contributed by atoms with Crippen LogP contribution < -0.4 is 5.73 Å². The van der Waals surface area contributed by atoms with Gasteiger partial charge >= 0.3 is 6.18 Å². The summed E-state index contributed by atoms with van der Waals surface area (Å²) in [5, 5.41) is 0. The van der Waals surface area contributed by atoms with Gasteiger partial charge in [0, 0.05) is 12.6 Å². The van der Waals surface area contributed by atoms with Crippen LogP contribution in [0.25, 0.3) is 0 Å². The number of benzene rings is 1. The molecule has 98 valence electrons. The van der Waals surface area contributed by atoms with Gasteiger partial charge < -0.3 is 5.73 Å². The summed E-state index contributed by atoms with van der Waals surface area (Å²) in [5.74, 6) is 0. The number of allylic oxidation sites excluding steroid dienone is 2. The average molecular weight is 256 g/mol. The van der Waals surface area contributed by atoms with Crippen LogP contribution >= 0.6 is 0 Å². The van der Waals surface area contributed by atoms with Crippen LogP contribution in [-0.2, 0) is 0 Å². The molecule has 2 N–H and O–H groups in total. The fourth-order valence-electron chi connectivity index (χ4n) is 1.50. The highest BCUT2D eigenvalue weighted by Gasteiger charge is 2.31. The van der Waals surface area contributed by atoms with Crippen molar-refractivity contribution in [2.24, 2.45) is 10.7 Å². The van der Waals surface area contributed by atoms with Gasteiger partial charge in [-0.2, -0.15) is 13.2 Å². The molecular formula is C13H15F3N2. The van der Waals surface area contributed by atoms with Crippen molar-refractivity contribution >= 4 is 5.71 Å². The Balaban J connectivity index is 3.25. The van der Waals surface area contributed by atoms with Gasteiger partial charge in [-0.05, 0) is 31.6 Å². The molecule has 18 heavy (non-hydrogen) atoms. The molecule has 0 aliphatic carbocycles. The van der Waals surface area contributed by atoms with E-state index in [9.17, 15) is 13.2 Å². The number of halogens is 3. The monoisotopic (exact) mass is 256 g/mol. The highest BCUT2D eigenvalue weighted by atomic mass is 19.4. The minimum atomic E-state index is -4.53. The van der Waals surface area contributed by atoms with Crippen LogP contribution in [0, 0.1) is 13.8 Å². The molecule has 0 heterocycles. The standard InChI is InChI=1S/C13H15F3N2/c1-8-4-5-9(2)10(6-8)11(18-3)7-12(17)13(14,15)16/h4-7H,17H2,1-3H3. The van der Waals surface area contributed by atoms with Crippen LogP contribution in [0.4, 0.5) is 13.2 Å². The zero-order valence-electron chi connectivity index (χ0n) is 10.5. The molecule has 0 aliphatic rings. The average Bonchev–Trinajstić information content (AvgIpc) is 2.28. The third-order valence-corrected chi connectivity index (χ3v) is 2.53. The van der Waals surface area contributed by atoms with Crippen LogP contribution in [0.1, 0.15) is 16.7 Å². The number of hydrogen-bond donors (Lipinski definition) is 1. The Morgan fingerprint density at radius 3 is 2.39 bits per heavy atom. The summed E-state index contributed by atoms with van der Waals surface area (Å²) < 4.78 is 37.2. The summed E-state index contributed by atoms with van der Waals surface area (Å²) in [7, 11) is 1.44. The van der Waals surface area contributed by atoms with Gasteiger partial charge in [0.2, 0.25) is 0 Å². The summed E-state index contributed by atoms with van der Waals surface area (Å²) >= 11 is 0. The summed E-state index contributed by atoms with van der Waals surface area (Å²) in [5.41, 5.74) is 6.55. The van der Waals surface area contributed by atoms with Gasteiger partial charge in [-0.15, -0.1) is 0 Å². The summed E-state index contributed by atoms with van der Waals surface area (Å²) in [6.45, 7) is 3.69. The Kier molecular flexibility index (Phi) is 4.16. The molecule has 0 fully saturated rings. The van der Waals surface area contributed by atoms with Crippen molar-refractivity contribution in [1.82, 2.24) is 0 Å². The van der Waals surface area contributed by atoms with Crippen LogP contribution in [0.5, 0.6) is 0 Å². The normalized spacial score (nSPS) is 13.9. The zero-order valence-corrected chi connectivity index (χ0v) is 10.5. The Morgan fingerprint density at radius 2 is 1.89 bits per heavy atom. The lowest BCUT2D eigenvalue weighted by molar-refractivity contribution is -0.0925. The number of hydrogen-bond acceptors (Lipinski definition) is 2. The number of aryl methyl sites for hydroxylation is 2. The Bertz CT molecular complexity index is 499. The molecule has 1 aromatic carbocycles. The molecule has 0 spiro atoms. The Hall–Kier alpha value is -1.78. The van der Waals surface area contributed by atoms with Crippen molar-refractivity contribution in [2.75, 3.05) is 7.05 Å². The molecule has 0 aromatic heterocycles. The van der Waals surface area contributed by atoms with Crippen molar-refractivity contribution in [3.05, 3.63) is 46.7 Å². The van der Waals surface area contributed by atoms with E-state index in [1.807, 2.05) is 26.0 Å². The van der Waals surface area contributed by atoms with E-state index in [-0.39, 0.29) is 5.71 Å². The third kappa shape index (κ3) is 3.35. The van der Waals surface area contributed by atoms with Crippen molar-refractivity contribution < 1.29 is 13.2 Å². The predicted molar refractivity (Wildman–Crippen MR) is 66.7 cm³/mol. The number of nitrogens with two attached hydrogens (primary N) is 1. The minimum absolute atomic E-state index is 0.228. The van der Waals surface area contributed by atoms with Gasteiger partial charge in [0.05, 0.1) is 5.71 Å². The molecule has 0 aliphatic heterocycles. The lowest BCUT2D eigenvalue weighted by Gasteiger charge is -2.10. The predicted octanol–water partition coefficient (Wildman–Crippen LogP) is 3.13. The molecule has 5 heteroatoms. The van der Waals surface area contributed by atoms with Gasteiger partial charge in [-0.1, -0.05) is 17.7 Å². The summed E-state index contributed by atoms with van der Waals surface area (Å²) in [6.07, 6.45) is -3.67. The van der Waals surface area contributed by atoms with Crippen LogP contribution in [-0.4, -0.2) is 18.9 Å². The third-order valence-electron chi connectivity index (χ3n) is 2.53. The SMILES string of the molecule is CN=C(C=C(N)C(F)(F)F)c1cc(C)ccc1C. The van der Waals surface area contributed by atoms with Crippen LogP contribution in [0.2, 0.25) is 0 Å². The molecule has 1 rings (SSSR count). The highest BCUT2D eigenvalue weighted by Crippen LogP contribution is 2.22. The number of nitrogens with zero attached hydrogens (tertiary/aromatic N) is 1. The topological polar surface area (TPSA) is 38.4 Å². The smallest absolute Gasteiger partial charge is 0.395 e. The molecule has 0 saturated heterocycles. The van der Waals surface area contributed by atoms with E-state index in [0.717, 1.165) is 17.2 Å². The van der Waals surface area contributed by atoms with E-state index in [4.69, 9.17) is 5.73 Å². The molecular weight excluding hydrogens is 241 g/mol. The van der Waals surface area contributed by atoms with Gasteiger partial charge in [0.1, 0.15) is 5.70 Å². The van der Waals surface area contributed by atoms with E-state index in [1.54, 1.807) is 6.07 Å². The maximum absolute atomic E-state index is 12.4. The van der Waals surface area contributed by atoms with Crippen LogP contribution in [0.15, 0.2) is 35.0 Å². The van der Waals surface area contributed by atoms with E-state index >= 15 is 0 Å². The first-order chi connectivity index (χ1) is 8.25. The van der Waals surface area contributed by atoms with Gasteiger partial charge in [0.15, 0.2) is 0 Å². The molecule has 0 amide bonds. The number of aliphatic imine (C=N–C) groups is 1. The molecule has 0 atom stereocenters. The van der Waals surface area contributed by atoms with Gasteiger partial charge in [-0.25, -0.2) is 0 Å². The first-order valence-electron chi connectivity index (χ1n) is 5.34. The summed E-state index contributed by atoms with van der Waals surface area (Å²) in [6, 6.07) is 5.52.